The quantitative estimate of drug-likeness (QED) is 0.177. The van der Waals surface area contributed by atoms with E-state index in [2.05, 4.69) is 137 Å². The first kappa shape index (κ1) is 31.5. The number of fused-ring (bicyclic) bond motifs is 10. The second-order valence-corrected chi connectivity index (χ2v) is 14.4. The highest BCUT2D eigenvalue weighted by atomic mass is 16.3. The average Bonchev–Trinajstić information content (AvgIpc) is 3.94. The molecule has 6 nitrogen and oxygen atoms in total. The summed E-state index contributed by atoms with van der Waals surface area (Å²) in [5.41, 5.74) is 11.1. The van der Waals surface area contributed by atoms with E-state index in [0.29, 0.717) is 17.5 Å². The minimum Gasteiger partial charge on any atom is -0.456 e. The van der Waals surface area contributed by atoms with E-state index in [1.165, 1.54) is 27.1 Å². The zero-order valence-corrected chi connectivity index (χ0v) is 30.5. The smallest absolute Gasteiger partial charge is 0.164 e. The van der Waals surface area contributed by atoms with Gasteiger partial charge in [0.2, 0.25) is 0 Å². The van der Waals surface area contributed by atoms with E-state index < -0.39 is 0 Å². The van der Waals surface area contributed by atoms with Crippen molar-refractivity contribution in [3.63, 3.8) is 0 Å². The van der Waals surface area contributed by atoms with Crippen molar-refractivity contribution in [2.45, 2.75) is 0 Å². The molecule has 57 heavy (non-hydrogen) atoms. The summed E-state index contributed by atoms with van der Waals surface area (Å²) in [5.74, 6) is 1.81. The standard InChI is InChI=1S/C51H31N5O/c1-3-14-32(15-4-1)49-52-50(54-51(53-49)34-26-29-46-42(31-34)39-22-9-12-25-45(39)57-46)33-16-13-19-36(30-33)56-44-24-11-8-21-38(44)41-28-27-40-37-20-7-10-23-43(37)55(47(40)48(41)56)35-17-5-2-6-18-35/h1-31H. The molecule has 0 atom stereocenters. The number of furan rings is 1. The van der Waals surface area contributed by atoms with Gasteiger partial charge in [0.05, 0.1) is 22.1 Å². The fraction of sp³-hybridized carbons (Fsp3) is 0. The van der Waals surface area contributed by atoms with Gasteiger partial charge in [-0.1, -0.05) is 127 Å². The molecule has 8 aromatic carbocycles. The Morgan fingerprint density at radius 1 is 0.316 bits per heavy atom. The van der Waals surface area contributed by atoms with Crippen molar-refractivity contribution >= 4 is 65.6 Å². The van der Waals surface area contributed by atoms with Gasteiger partial charge in [-0.25, -0.2) is 15.0 Å². The molecule has 4 aromatic heterocycles. The number of aromatic nitrogens is 5. The molecule has 0 spiro atoms. The number of nitrogens with zero attached hydrogens (tertiary/aromatic N) is 5. The number of hydrogen-bond acceptors (Lipinski definition) is 4. The molecule has 12 aromatic rings. The summed E-state index contributed by atoms with van der Waals surface area (Å²) in [6, 6.07) is 65.6. The normalized spacial score (nSPS) is 11.9. The van der Waals surface area contributed by atoms with Crippen LogP contribution in [0.4, 0.5) is 0 Å². The molecule has 0 bridgehead atoms. The Kier molecular flexibility index (Phi) is 6.83. The van der Waals surface area contributed by atoms with Gasteiger partial charge in [-0.15, -0.1) is 0 Å². The van der Waals surface area contributed by atoms with E-state index >= 15 is 0 Å². The Balaban J connectivity index is 1.11. The second-order valence-electron chi connectivity index (χ2n) is 14.4. The van der Waals surface area contributed by atoms with Gasteiger partial charge < -0.3 is 13.6 Å². The molecule has 0 saturated carbocycles. The van der Waals surface area contributed by atoms with Crippen LogP contribution in [0, 0.1) is 0 Å². The number of para-hydroxylation sites is 4. The monoisotopic (exact) mass is 729 g/mol. The van der Waals surface area contributed by atoms with Gasteiger partial charge in [0, 0.05) is 60.4 Å². The highest BCUT2D eigenvalue weighted by molar-refractivity contribution is 6.23. The molecule has 0 aliphatic carbocycles. The lowest BCUT2D eigenvalue weighted by molar-refractivity contribution is 0.669. The fourth-order valence-corrected chi connectivity index (χ4v) is 8.61. The average molecular weight is 730 g/mol. The van der Waals surface area contributed by atoms with Crippen LogP contribution in [0.2, 0.25) is 0 Å². The van der Waals surface area contributed by atoms with Crippen molar-refractivity contribution in [3.8, 4) is 45.5 Å². The van der Waals surface area contributed by atoms with Crippen molar-refractivity contribution in [2.24, 2.45) is 0 Å². The first-order chi connectivity index (χ1) is 28.3. The lowest BCUT2D eigenvalue weighted by atomic mass is 10.1. The van der Waals surface area contributed by atoms with Crippen LogP contribution in [-0.4, -0.2) is 24.1 Å². The summed E-state index contributed by atoms with van der Waals surface area (Å²) in [4.78, 5) is 15.4. The lowest BCUT2D eigenvalue weighted by Crippen LogP contribution is -2.01. The molecule has 0 aliphatic rings. The Morgan fingerprint density at radius 3 is 1.49 bits per heavy atom. The maximum Gasteiger partial charge on any atom is 0.164 e. The highest BCUT2D eigenvalue weighted by Crippen LogP contribution is 2.42. The van der Waals surface area contributed by atoms with Crippen LogP contribution < -0.4 is 0 Å². The van der Waals surface area contributed by atoms with Crippen LogP contribution in [0.5, 0.6) is 0 Å². The Morgan fingerprint density at radius 2 is 0.807 bits per heavy atom. The zero-order chi connectivity index (χ0) is 37.5. The molecular weight excluding hydrogens is 699 g/mol. The van der Waals surface area contributed by atoms with E-state index in [4.69, 9.17) is 19.4 Å². The summed E-state index contributed by atoms with van der Waals surface area (Å²) in [5, 5.41) is 6.90. The second kappa shape index (κ2) is 12.3. The fourth-order valence-electron chi connectivity index (χ4n) is 8.61. The van der Waals surface area contributed by atoms with E-state index in [1.807, 2.05) is 60.7 Å². The van der Waals surface area contributed by atoms with Crippen molar-refractivity contribution in [3.05, 3.63) is 188 Å². The molecule has 12 rings (SSSR count). The first-order valence-corrected chi connectivity index (χ1v) is 19.1. The Hall–Kier alpha value is -7.83. The maximum atomic E-state index is 6.16. The van der Waals surface area contributed by atoms with Crippen LogP contribution in [0.15, 0.2) is 192 Å². The zero-order valence-electron chi connectivity index (χ0n) is 30.5. The summed E-state index contributed by atoms with van der Waals surface area (Å²) < 4.78 is 11.0. The van der Waals surface area contributed by atoms with E-state index in [1.54, 1.807) is 0 Å². The third-order valence-corrected chi connectivity index (χ3v) is 11.1. The van der Waals surface area contributed by atoms with Gasteiger partial charge in [-0.3, -0.25) is 0 Å². The molecule has 0 saturated heterocycles. The molecular formula is C51H31N5O. The summed E-state index contributed by atoms with van der Waals surface area (Å²) in [6.07, 6.45) is 0. The summed E-state index contributed by atoms with van der Waals surface area (Å²) >= 11 is 0. The molecule has 6 heteroatoms. The highest BCUT2D eigenvalue weighted by Gasteiger charge is 2.22. The molecule has 0 unspecified atom stereocenters. The number of rotatable bonds is 5. The van der Waals surface area contributed by atoms with E-state index in [-0.39, 0.29) is 0 Å². The Labute approximate surface area is 326 Å². The van der Waals surface area contributed by atoms with Crippen molar-refractivity contribution < 1.29 is 4.42 Å². The van der Waals surface area contributed by atoms with Gasteiger partial charge in [0.15, 0.2) is 17.5 Å². The molecule has 266 valence electrons. The largest absolute Gasteiger partial charge is 0.456 e. The minimum absolute atomic E-state index is 0.599. The lowest BCUT2D eigenvalue weighted by Gasteiger charge is -2.14. The van der Waals surface area contributed by atoms with Crippen molar-refractivity contribution in [1.82, 2.24) is 24.1 Å². The van der Waals surface area contributed by atoms with Crippen LogP contribution >= 0.6 is 0 Å². The van der Waals surface area contributed by atoms with Gasteiger partial charge in [-0.05, 0) is 60.7 Å². The van der Waals surface area contributed by atoms with Crippen LogP contribution in [0.3, 0.4) is 0 Å². The number of hydrogen-bond donors (Lipinski definition) is 0. The van der Waals surface area contributed by atoms with Crippen LogP contribution in [0.1, 0.15) is 0 Å². The molecule has 0 N–H and O–H groups in total. The van der Waals surface area contributed by atoms with Gasteiger partial charge in [0.25, 0.3) is 0 Å². The van der Waals surface area contributed by atoms with Gasteiger partial charge in [0.1, 0.15) is 11.2 Å². The first-order valence-electron chi connectivity index (χ1n) is 19.1. The maximum absolute atomic E-state index is 6.16. The summed E-state index contributed by atoms with van der Waals surface area (Å²) in [6.45, 7) is 0. The third-order valence-electron chi connectivity index (χ3n) is 11.1. The van der Waals surface area contributed by atoms with E-state index in [9.17, 15) is 0 Å². The minimum atomic E-state index is 0.599. The molecule has 0 radical (unpaired) electrons. The number of benzene rings is 8. The molecule has 0 fully saturated rings. The predicted molar refractivity (Wildman–Crippen MR) is 232 cm³/mol. The SMILES string of the molecule is c1ccc(-c2nc(-c3cccc(-n4c5ccccc5c5ccc6c7ccccc7n(-c7ccccc7)c6c54)c3)nc(-c3ccc4oc5ccccc5c4c3)n2)cc1. The predicted octanol–water partition coefficient (Wildman–Crippen LogP) is 13.0. The Bertz CT molecular complexity index is 3520. The van der Waals surface area contributed by atoms with Gasteiger partial charge >= 0.3 is 0 Å². The summed E-state index contributed by atoms with van der Waals surface area (Å²) in [7, 11) is 0. The van der Waals surface area contributed by atoms with Crippen LogP contribution in [0.25, 0.3) is 111 Å². The third kappa shape index (κ3) is 4.87. The van der Waals surface area contributed by atoms with Crippen molar-refractivity contribution in [1.29, 1.82) is 0 Å². The van der Waals surface area contributed by atoms with Crippen LogP contribution in [-0.2, 0) is 0 Å². The topological polar surface area (TPSA) is 61.7 Å². The van der Waals surface area contributed by atoms with E-state index in [0.717, 1.165) is 66.6 Å². The molecule has 0 aliphatic heterocycles. The van der Waals surface area contributed by atoms with Gasteiger partial charge in [-0.2, -0.15) is 0 Å². The van der Waals surface area contributed by atoms with Crippen molar-refractivity contribution in [2.75, 3.05) is 0 Å². The molecule has 4 heterocycles. The molecule has 0 amide bonds.